The van der Waals surface area contributed by atoms with E-state index in [0.717, 1.165) is 11.3 Å². The van der Waals surface area contributed by atoms with Crippen molar-refractivity contribution in [3.63, 3.8) is 0 Å². The van der Waals surface area contributed by atoms with Gasteiger partial charge >= 0.3 is 5.97 Å². The molecule has 0 saturated heterocycles. The summed E-state index contributed by atoms with van der Waals surface area (Å²) in [6.07, 6.45) is 1.80. The third-order valence-corrected chi connectivity index (χ3v) is 3.15. The zero-order valence-electron chi connectivity index (χ0n) is 11.6. The molecule has 0 spiro atoms. The molecule has 0 aliphatic carbocycles. The van der Waals surface area contributed by atoms with Crippen molar-refractivity contribution in [2.24, 2.45) is 0 Å². The quantitative estimate of drug-likeness (QED) is 0.830. The first-order chi connectivity index (χ1) is 10.1. The monoisotopic (exact) mass is 305 g/mol. The summed E-state index contributed by atoms with van der Waals surface area (Å²) in [6, 6.07) is 8.83. The van der Waals surface area contributed by atoms with Crippen LogP contribution in [-0.2, 0) is 16.0 Å². The molecule has 2 aromatic rings. The number of nitrogens with two attached hydrogens (primary N) is 1. The number of ether oxygens (including phenoxy) is 1. The minimum atomic E-state index is -0.297. The normalized spacial score (nSPS) is 10.2. The summed E-state index contributed by atoms with van der Waals surface area (Å²) in [5, 5.41) is 3.57. The van der Waals surface area contributed by atoms with Crippen molar-refractivity contribution in [1.29, 1.82) is 0 Å². The molecular formula is C15H16ClN3O2. The second-order valence-corrected chi connectivity index (χ2v) is 4.76. The maximum Gasteiger partial charge on any atom is 0.310 e. The minimum absolute atomic E-state index is 0.151. The number of nitrogens with zero attached hydrogens (tertiary/aromatic N) is 1. The highest BCUT2D eigenvalue weighted by molar-refractivity contribution is 6.31. The van der Waals surface area contributed by atoms with Gasteiger partial charge in [-0.1, -0.05) is 17.7 Å². The van der Waals surface area contributed by atoms with Crippen molar-refractivity contribution in [3.8, 4) is 0 Å². The predicted molar refractivity (Wildman–Crippen MR) is 83.7 cm³/mol. The van der Waals surface area contributed by atoms with Crippen LogP contribution in [0.1, 0.15) is 12.5 Å². The number of anilines is 3. The smallest absolute Gasteiger partial charge is 0.310 e. The topological polar surface area (TPSA) is 77.2 Å². The second kappa shape index (κ2) is 6.95. The van der Waals surface area contributed by atoms with Gasteiger partial charge in [-0.15, -0.1) is 0 Å². The molecule has 0 fully saturated rings. The van der Waals surface area contributed by atoms with Crippen LogP contribution in [0, 0.1) is 0 Å². The van der Waals surface area contributed by atoms with Crippen LogP contribution < -0.4 is 11.1 Å². The SMILES string of the molecule is CCOC(=O)Cc1ccc(Nc2ncccc2N)cc1Cl. The van der Waals surface area contributed by atoms with E-state index < -0.39 is 0 Å². The Kier molecular flexibility index (Phi) is 5.00. The lowest BCUT2D eigenvalue weighted by Crippen LogP contribution is -2.08. The number of nitrogen functional groups attached to an aromatic ring is 1. The average molecular weight is 306 g/mol. The third-order valence-electron chi connectivity index (χ3n) is 2.79. The van der Waals surface area contributed by atoms with Gasteiger partial charge in [-0.3, -0.25) is 4.79 Å². The van der Waals surface area contributed by atoms with E-state index >= 15 is 0 Å². The molecule has 0 unspecified atom stereocenters. The second-order valence-electron chi connectivity index (χ2n) is 4.35. The van der Waals surface area contributed by atoms with Gasteiger partial charge in [0.15, 0.2) is 5.82 Å². The van der Waals surface area contributed by atoms with Gasteiger partial charge < -0.3 is 15.8 Å². The van der Waals surface area contributed by atoms with E-state index in [1.165, 1.54) is 0 Å². The summed E-state index contributed by atoms with van der Waals surface area (Å²) in [5.74, 6) is 0.265. The highest BCUT2D eigenvalue weighted by Crippen LogP contribution is 2.25. The number of nitrogens with one attached hydrogen (secondary N) is 1. The fraction of sp³-hybridized carbons (Fsp3) is 0.200. The Morgan fingerprint density at radius 2 is 2.24 bits per heavy atom. The average Bonchev–Trinajstić information content (AvgIpc) is 2.45. The van der Waals surface area contributed by atoms with E-state index in [0.29, 0.717) is 23.1 Å². The lowest BCUT2D eigenvalue weighted by Gasteiger charge is -2.10. The molecule has 1 heterocycles. The fourth-order valence-corrected chi connectivity index (χ4v) is 2.04. The Hall–Kier alpha value is -2.27. The molecule has 0 aliphatic rings. The number of aromatic nitrogens is 1. The first-order valence-corrected chi connectivity index (χ1v) is 6.89. The van der Waals surface area contributed by atoms with Crippen LogP contribution in [0.3, 0.4) is 0 Å². The number of carbonyl (C=O) groups is 1. The summed E-state index contributed by atoms with van der Waals surface area (Å²) in [7, 11) is 0. The summed E-state index contributed by atoms with van der Waals surface area (Å²) in [4.78, 5) is 15.6. The van der Waals surface area contributed by atoms with Crippen LogP contribution >= 0.6 is 11.6 Å². The molecule has 0 radical (unpaired) electrons. The molecule has 0 atom stereocenters. The first-order valence-electron chi connectivity index (χ1n) is 6.51. The van der Waals surface area contributed by atoms with Gasteiger partial charge in [-0.2, -0.15) is 0 Å². The molecule has 1 aromatic heterocycles. The molecular weight excluding hydrogens is 290 g/mol. The Labute approximate surface area is 128 Å². The molecule has 0 bridgehead atoms. The third kappa shape index (κ3) is 4.10. The maximum atomic E-state index is 11.5. The Bertz CT molecular complexity index is 647. The molecule has 5 nitrogen and oxygen atoms in total. The van der Waals surface area contributed by atoms with Crippen molar-refractivity contribution < 1.29 is 9.53 Å². The number of hydrogen-bond acceptors (Lipinski definition) is 5. The standard InChI is InChI=1S/C15H16ClN3O2/c1-2-21-14(20)8-10-5-6-11(9-12(10)16)19-15-13(17)4-3-7-18-15/h3-7,9H,2,8,17H2,1H3,(H,18,19). The van der Waals surface area contributed by atoms with E-state index in [2.05, 4.69) is 10.3 Å². The summed E-state index contributed by atoms with van der Waals surface area (Å²) in [6.45, 7) is 2.12. The largest absolute Gasteiger partial charge is 0.466 e. The predicted octanol–water partition coefficient (Wildman–Crippen LogP) is 3.17. The van der Waals surface area contributed by atoms with Gasteiger partial charge in [0.05, 0.1) is 18.7 Å². The van der Waals surface area contributed by atoms with Crippen LogP contribution in [0.4, 0.5) is 17.2 Å². The Morgan fingerprint density at radius 1 is 1.43 bits per heavy atom. The molecule has 0 amide bonds. The van der Waals surface area contributed by atoms with Crippen molar-refractivity contribution in [1.82, 2.24) is 4.98 Å². The first kappa shape index (κ1) is 15.1. The van der Waals surface area contributed by atoms with Crippen molar-refractivity contribution in [2.45, 2.75) is 13.3 Å². The highest BCUT2D eigenvalue weighted by atomic mass is 35.5. The van der Waals surface area contributed by atoms with Gasteiger partial charge in [0.2, 0.25) is 0 Å². The molecule has 2 rings (SSSR count). The van der Waals surface area contributed by atoms with Gasteiger partial charge in [0, 0.05) is 16.9 Å². The van der Waals surface area contributed by atoms with Crippen LogP contribution in [0.5, 0.6) is 0 Å². The summed E-state index contributed by atoms with van der Waals surface area (Å²) in [5.41, 5.74) is 7.83. The zero-order valence-corrected chi connectivity index (χ0v) is 12.4. The lowest BCUT2D eigenvalue weighted by atomic mass is 10.1. The number of benzene rings is 1. The molecule has 0 aliphatic heterocycles. The molecule has 0 saturated carbocycles. The van der Waals surface area contributed by atoms with Gasteiger partial charge in [-0.05, 0) is 36.8 Å². The van der Waals surface area contributed by atoms with E-state index in [1.807, 2.05) is 6.07 Å². The number of hydrogen-bond donors (Lipinski definition) is 2. The number of esters is 1. The number of pyridine rings is 1. The molecule has 21 heavy (non-hydrogen) atoms. The highest BCUT2D eigenvalue weighted by Gasteiger charge is 2.09. The van der Waals surface area contributed by atoms with E-state index in [4.69, 9.17) is 22.1 Å². The molecule has 6 heteroatoms. The van der Waals surface area contributed by atoms with Crippen LogP contribution in [-0.4, -0.2) is 17.6 Å². The molecule has 110 valence electrons. The van der Waals surface area contributed by atoms with E-state index in [-0.39, 0.29) is 12.4 Å². The number of halogens is 1. The molecule has 3 N–H and O–H groups in total. The van der Waals surface area contributed by atoms with E-state index in [1.54, 1.807) is 37.4 Å². The van der Waals surface area contributed by atoms with E-state index in [9.17, 15) is 4.79 Å². The lowest BCUT2D eigenvalue weighted by molar-refractivity contribution is -0.142. The van der Waals surface area contributed by atoms with Crippen molar-refractivity contribution in [3.05, 3.63) is 47.1 Å². The Balaban J connectivity index is 2.12. The van der Waals surface area contributed by atoms with Crippen molar-refractivity contribution >= 4 is 34.8 Å². The fourth-order valence-electron chi connectivity index (χ4n) is 1.79. The van der Waals surface area contributed by atoms with Crippen LogP contribution in [0.2, 0.25) is 5.02 Å². The van der Waals surface area contributed by atoms with Crippen molar-refractivity contribution in [2.75, 3.05) is 17.7 Å². The molecule has 1 aromatic carbocycles. The van der Waals surface area contributed by atoms with Gasteiger partial charge in [0.25, 0.3) is 0 Å². The summed E-state index contributed by atoms with van der Waals surface area (Å²) >= 11 is 6.18. The number of carbonyl (C=O) groups excluding carboxylic acids is 1. The van der Waals surface area contributed by atoms with Gasteiger partial charge in [0.1, 0.15) is 0 Å². The van der Waals surface area contributed by atoms with Gasteiger partial charge in [-0.25, -0.2) is 4.98 Å². The maximum absolute atomic E-state index is 11.5. The van der Waals surface area contributed by atoms with Crippen LogP contribution in [0.15, 0.2) is 36.5 Å². The zero-order chi connectivity index (χ0) is 15.2. The Morgan fingerprint density at radius 3 is 2.90 bits per heavy atom. The minimum Gasteiger partial charge on any atom is -0.466 e. The number of rotatable bonds is 5. The summed E-state index contributed by atoms with van der Waals surface area (Å²) < 4.78 is 4.90. The van der Waals surface area contributed by atoms with Crippen LogP contribution in [0.25, 0.3) is 0 Å².